The van der Waals surface area contributed by atoms with Crippen LogP contribution >= 0.6 is 0 Å². The molecule has 1 aliphatic heterocycles. The molecule has 1 aliphatic carbocycles. The monoisotopic (exact) mass is 494 g/mol. The van der Waals surface area contributed by atoms with Crippen molar-refractivity contribution in [2.24, 2.45) is 0 Å². The van der Waals surface area contributed by atoms with Gasteiger partial charge in [0.15, 0.2) is 0 Å². The first-order chi connectivity index (χ1) is 18.0. The van der Waals surface area contributed by atoms with Crippen LogP contribution in [0.4, 0.5) is 14.9 Å². The number of anilines is 1. The zero-order chi connectivity index (χ0) is 25.5. The predicted molar refractivity (Wildman–Crippen MR) is 140 cm³/mol. The first-order valence-corrected chi connectivity index (χ1v) is 12.6. The molecule has 2 heterocycles. The van der Waals surface area contributed by atoms with Crippen LogP contribution < -0.4 is 10.2 Å². The summed E-state index contributed by atoms with van der Waals surface area (Å²) >= 11 is 0. The van der Waals surface area contributed by atoms with E-state index in [-0.39, 0.29) is 11.8 Å². The van der Waals surface area contributed by atoms with Crippen LogP contribution in [0.2, 0.25) is 0 Å². The van der Waals surface area contributed by atoms with Gasteiger partial charge in [-0.25, -0.2) is 9.18 Å². The topological polar surface area (TPSA) is 71.3 Å². The Hall–Kier alpha value is -4.26. The molecule has 0 saturated carbocycles. The van der Waals surface area contributed by atoms with Gasteiger partial charge in [0.2, 0.25) is 5.82 Å². The number of urea groups is 1. The standard InChI is InChI=1S/C30H27FN4O2/c1-3-19-7-9-22(10-8-19)28-33-29(37-34-28)26-18(2)35(25-16-13-20-5-4-6-23(20)17-25)30(36)32-27(26)21-11-14-24(31)15-12-21/h7-17,27H,3-6H2,1-2H3,(H,32,36). The van der Waals surface area contributed by atoms with E-state index in [9.17, 15) is 9.18 Å². The Bertz CT molecular complexity index is 1510. The van der Waals surface area contributed by atoms with Crippen molar-refractivity contribution in [1.82, 2.24) is 15.5 Å². The number of nitrogens with zero attached hydrogens (tertiary/aromatic N) is 3. The van der Waals surface area contributed by atoms with E-state index in [2.05, 4.69) is 29.5 Å². The Balaban J connectivity index is 1.46. The van der Waals surface area contributed by atoms with Crippen molar-refractivity contribution in [3.05, 3.63) is 106 Å². The molecule has 3 aromatic carbocycles. The third kappa shape index (κ3) is 4.20. The summed E-state index contributed by atoms with van der Waals surface area (Å²) in [7, 11) is 0. The van der Waals surface area contributed by atoms with Crippen molar-refractivity contribution in [3.8, 4) is 11.4 Å². The maximum Gasteiger partial charge on any atom is 0.326 e. The smallest absolute Gasteiger partial charge is 0.326 e. The van der Waals surface area contributed by atoms with Crippen LogP contribution in [-0.2, 0) is 19.3 Å². The van der Waals surface area contributed by atoms with Gasteiger partial charge < -0.3 is 9.84 Å². The maximum atomic E-state index is 13.7. The lowest BCUT2D eigenvalue weighted by Crippen LogP contribution is -2.46. The first-order valence-electron chi connectivity index (χ1n) is 12.6. The van der Waals surface area contributed by atoms with E-state index in [0.717, 1.165) is 42.5 Å². The van der Waals surface area contributed by atoms with E-state index in [1.807, 2.05) is 37.3 Å². The van der Waals surface area contributed by atoms with Gasteiger partial charge in [-0.2, -0.15) is 4.98 Å². The van der Waals surface area contributed by atoms with Crippen LogP contribution in [0.25, 0.3) is 17.0 Å². The fourth-order valence-corrected chi connectivity index (χ4v) is 5.27. The molecule has 6 rings (SSSR count). The average Bonchev–Trinajstić information content (AvgIpc) is 3.59. The Morgan fingerprint density at radius 2 is 1.78 bits per heavy atom. The molecule has 0 bridgehead atoms. The highest BCUT2D eigenvalue weighted by Gasteiger charge is 2.36. The molecule has 2 aliphatic rings. The number of hydrogen-bond acceptors (Lipinski definition) is 4. The molecule has 4 aromatic rings. The highest BCUT2D eigenvalue weighted by molar-refractivity contribution is 6.01. The molecular weight excluding hydrogens is 467 g/mol. The summed E-state index contributed by atoms with van der Waals surface area (Å²) in [5.74, 6) is 0.438. The fraction of sp³-hybridized carbons (Fsp3) is 0.233. The van der Waals surface area contributed by atoms with Crippen molar-refractivity contribution in [2.75, 3.05) is 4.90 Å². The van der Waals surface area contributed by atoms with Crippen molar-refractivity contribution in [3.63, 3.8) is 0 Å². The third-order valence-corrected chi connectivity index (χ3v) is 7.31. The molecule has 0 radical (unpaired) electrons. The van der Waals surface area contributed by atoms with Crippen LogP contribution in [-0.4, -0.2) is 16.2 Å². The lowest BCUT2D eigenvalue weighted by molar-refractivity contribution is 0.244. The zero-order valence-corrected chi connectivity index (χ0v) is 20.8. The van der Waals surface area contributed by atoms with Crippen LogP contribution in [0.1, 0.15) is 54.5 Å². The molecule has 1 aromatic heterocycles. The Morgan fingerprint density at radius 1 is 1.03 bits per heavy atom. The lowest BCUT2D eigenvalue weighted by atomic mass is 9.94. The molecule has 7 heteroatoms. The Kier molecular flexibility index (Phi) is 5.83. The summed E-state index contributed by atoms with van der Waals surface area (Å²) in [6, 6.07) is 19.5. The molecule has 1 atom stereocenters. The number of nitrogens with one attached hydrogen (secondary N) is 1. The van der Waals surface area contributed by atoms with Crippen molar-refractivity contribution in [1.29, 1.82) is 0 Å². The minimum absolute atomic E-state index is 0.261. The molecule has 37 heavy (non-hydrogen) atoms. The number of amides is 2. The zero-order valence-electron chi connectivity index (χ0n) is 20.8. The number of fused-ring (bicyclic) bond motifs is 1. The number of carbonyl (C=O) groups is 1. The largest absolute Gasteiger partial charge is 0.334 e. The van der Waals surface area contributed by atoms with Gasteiger partial charge >= 0.3 is 6.03 Å². The SMILES string of the molecule is CCc1ccc(-c2noc(C3=C(C)N(c4ccc5c(c4)CCC5)C(=O)NC3c3ccc(F)cc3)n2)cc1. The van der Waals surface area contributed by atoms with Crippen molar-refractivity contribution >= 4 is 17.3 Å². The number of carbonyl (C=O) groups excluding carboxylic acids is 1. The number of rotatable bonds is 5. The second-order valence-corrected chi connectivity index (χ2v) is 9.55. The van der Waals surface area contributed by atoms with Gasteiger partial charge in [-0.1, -0.05) is 54.5 Å². The molecule has 1 unspecified atom stereocenters. The second kappa shape index (κ2) is 9.32. The quantitative estimate of drug-likeness (QED) is 0.338. The van der Waals surface area contributed by atoms with Gasteiger partial charge in [-0.15, -0.1) is 0 Å². The number of benzene rings is 3. The molecule has 186 valence electrons. The summed E-state index contributed by atoms with van der Waals surface area (Å²) < 4.78 is 19.5. The van der Waals surface area contributed by atoms with E-state index in [0.29, 0.717) is 23.0 Å². The summed E-state index contributed by atoms with van der Waals surface area (Å²) in [4.78, 5) is 19.8. The number of hydrogen-bond donors (Lipinski definition) is 1. The van der Waals surface area contributed by atoms with Gasteiger partial charge in [-0.05, 0) is 79.1 Å². The number of aromatic nitrogens is 2. The van der Waals surface area contributed by atoms with Gasteiger partial charge in [-0.3, -0.25) is 4.90 Å². The highest BCUT2D eigenvalue weighted by atomic mass is 19.1. The summed E-state index contributed by atoms with van der Waals surface area (Å²) in [6.07, 6.45) is 4.15. The first kappa shape index (κ1) is 23.2. The summed E-state index contributed by atoms with van der Waals surface area (Å²) in [5, 5.41) is 7.34. The highest BCUT2D eigenvalue weighted by Crippen LogP contribution is 2.40. The molecule has 0 saturated heterocycles. The van der Waals surface area contributed by atoms with E-state index < -0.39 is 6.04 Å². The minimum atomic E-state index is -0.574. The molecule has 2 amide bonds. The van der Waals surface area contributed by atoms with Gasteiger partial charge in [0, 0.05) is 11.3 Å². The average molecular weight is 495 g/mol. The van der Waals surface area contributed by atoms with Gasteiger partial charge in [0.25, 0.3) is 5.89 Å². The number of halogens is 1. The van der Waals surface area contributed by atoms with E-state index in [1.165, 1.54) is 28.8 Å². The second-order valence-electron chi connectivity index (χ2n) is 9.55. The maximum absolute atomic E-state index is 13.7. The number of allylic oxidation sites excluding steroid dienone is 1. The molecule has 0 spiro atoms. The molecular formula is C30H27FN4O2. The lowest BCUT2D eigenvalue weighted by Gasteiger charge is -2.35. The normalized spacial score (nSPS) is 17.2. The van der Waals surface area contributed by atoms with Crippen molar-refractivity contribution in [2.45, 2.75) is 45.6 Å². The fourth-order valence-electron chi connectivity index (χ4n) is 5.27. The van der Waals surface area contributed by atoms with Crippen LogP contribution in [0.5, 0.6) is 0 Å². The van der Waals surface area contributed by atoms with Gasteiger partial charge in [0.1, 0.15) is 5.82 Å². The summed E-state index contributed by atoms with van der Waals surface area (Å²) in [6.45, 7) is 3.99. The number of aryl methyl sites for hydroxylation is 3. The minimum Gasteiger partial charge on any atom is -0.334 e. The third-order valence-electron chi connectivity index (χ3n) is 7.31. The van der Waals surface area contributed by atoms with Crippen LogP contribution in [0.3, 0.4) is 0 Å². The molecule has 1 N–H and O–H groups in total. The Morgan fingerprint density at radius 3 is 2.54 bits per heavy atom. The van der Waals surface area contributed by atoms with Crippen LogP contribution in [0, 0.1) is 5.82 Å². The molecule has 0 fully saturated rings. The summed E-state index contributed by atoms with van der Waals surface area (Å²) in [5.41, 5.74) is 7.56. The van der Waals surface area contributed by atoms with E-state index >= 15 is 0 Å². The Labute approximate surface area is 214 Å². The van der Waals surface area contributed by atoms with E-state index in [4.69, 9.17) is 9.51 Å². The van der Waals surface area contributed by atoms with Crippen molar-refractivity contribution < 1.29 is 13.7 Å². The molecule has 6 nitrogen and oxygen atoms in total. The van der Waals surface area contributed by atoms with E-state index in [1.54, 1.807) is 17.0 Å². The van der Waals surface area contributed by atoms with Gasteiger partial charge in [0.05, 0.1) is 17.3 Å². The predicted octanol–water partition coefficient (Wildman–Crippen LogP) is 6.63. The van der Waals surface area contributed by atoms with Crippen LogP contribution in [0.15, 0.2) is 77.0 Å².